The molecule has 1 aliphatic carbocycles. The molecule has 26 heavy (non-hydrogen) atoms. The lowest BCUT2D eigenvalue weighted by atomic mass is 9.78. The van der Waals surface area contributed by atoms with Crippen molar-refractivity contribution in [3.8, 4) is 0 Å². The van der Waals surface area contributed by atoms with Crippen LogP contribution in [-0.4, -0.2) is 54.0 Å². The topological polar surface area (TPSA) is 35.6 Å². The number of piperidine rings is 1. The molecule has 1 aromatic carbocycles. The largest absolute Gasteiger partial charge is 0.339 e. The Morgan fingerprint density at radius 2 is 1.77 bits per heavy atom. The van der Waals surface area contributed by atoms with E-state index >= 15 is 0 Å². The molecule has 1 amide bonds. The molecule has 0 unspecified atom stereocenters. The molecule has 1 saturated carbocycles. The van der Waals surface area contributed by atoms with Crippen molar-refractivity contribution >= 4 is 5.91 Å². The maximum atomic E-state index is 13.1. The Balaban J connectivity index is 1.48. The Kier molecular flexibility index (Phi) is 5.60. The molecule has 2 saturated heterocycles. The zero-order valence-corrected chi connectivity index (χ0v) is 16.0. The predicted octanol–water partition coefficient (Wildman–Crippen LogP) is 3.03. The summed E-state index contributed by atoms with van der Waals surface area (Å²) in [4.78, 5) is 18.1. The van der Waals surface area contributed by atoms with Crippen LogP contribution in [0.5, 0.6) is 0 Å². The van der Waals surface area contributed by atoms with Gasteiger partial charge in [0.15, 0.2) is 0 Å². The first kappa shape index (κ1) is 18.0. The molecule has 2 heterocycles. The smallest absolute Gasteiger partial charge is 0.225 e. The van der Waals surface area contributed by atoms with Crippen LogP contribution in [0.15, 0.2) is 30.3 Å². The highest BCUT2D eigenvalue weighted by Gasteiger charge is 2.44. The summed E-state index contributed by atoms with van der Waals surface area (Å²) in [6.45, 7) is 5.88. The van der Waals surface area contributed by atoms with Crippen molar-refractivity contribution in [2.45, 2.75) is 57.0 Å². The highest BCUT2D eigenvalue weighted by molar-refractivity contribution is 5.79. The van der Waals surface area contributed by atoms with Crippen molar-refractivity contribution < 1.29 is 4.79 Å². The highest BCUT2D eigenvalue weighted by Crippen LogP contribution is 2.38. The second-order valence-electron chi connectivity index (χ2n) is 8.48. The van der Waals surface area contributed by atoms with Gasteiger partial charge in [0.2, 0.25) is 5.91 Å². The van der Waals surface area contributed by atoms with Gasteiger partial charge < -0.3 is 10.2 Å². The van der Waals surface area contributed by atoms with Crippen LogP contribution in [0.25, 0.3) is 0 Å². The molecular weight excluding hydrogens is 322 g/mol. The van der Waals surface area contributed by atoms with Crippen LogP contribution in [0.3, 0.4) is 0 Å². The molecule has 0 bridgehead atoms. The number of carbonyl (C=O) groups is 1. The van der Waals surface area contributed by atoms with Crippen molar-refractivity contribution in [2.24, 2.45) is 5.92 Å². The minimum absolute atomic E-state index is 0.203. The molecule has 3 aliphatic rings. The maximum absolute atomic E-state index is 13.1. The first-order chi connectivity index (χ1) is 12.8. The maximum Gasteiger partial charge on any atom is 0.225 e. The fourth-order valence-electron chi connectivity index (χ4n) is 5.26. The van der Waals surface area contributed by atoms with Crippen LogP contribution in [0.2, 0.25) is 0 Å². The Bertz CT molecular complexity index is 591. The average Bonchev–Trinajstić information content (AvgIpc) is 2.71. The van der Waals surface area contributed by atoms with Crippen molar-refractivity contribution in [2.75, 3.05) is 32.7 Å². The predicted molar refractivity (Wildman–Crippen MR) is 105 cm³/mol. The van der Waals surface area contributed by atoms with E-state index in [1.54, 1.807) is 0 Å². The standard InChI is InChI=1S/C22H33N3O/c26-21(20-9-13-23-14-10-20)24-15-16-25(17-19-7-3-1-4-8-19)22(18-24)11-5-2-6-12-22/h1,3-4,7-8,20,23H,2,5-6,9-18H2. The molecule has 1 aromatic rings. The van der Waals surface area contributed by atoms with Crippen LogP contribution >= 0.6 is 0 Å². The van der Waals surface area contributed by atoms with E-state index < -0.39 is 0 Å². The third-order valence-corrected chi connectivity index (χ3v) is 6.80. The zero-order chi connectivity index (χ0) is 17.8. The number of piperazine rings is 1. The summed E-state index contributed by atoms with van der Waals surface area (Å²) in [6, 6.07) is 10.8. The lowest BCUT2D eigenvalue weighted by Crippen LogP contribution is -2.64. The summed E-state index contributed by atoms with van der Waals surface area (Å²) in [5.41, 5.74) is 1.60. The third-order valence-electron chi connectivity index (χ3n) is 6.80. The Labute approximate surface area is 157 Å². The van der Waals surface area contributed by atoms with Gasteiger partial charge in [-0.2, -0.15) is 0 Å². The fourth-order valence-corrected chi connectivity index (χ4v) is 5.26. The van der Waals surface area contributed by atoms with Gasteiger partial charge in [0, 0.05) is 37.6 Å². The van der Waals surface area contributed by atoms with Gasteiger partial charge >= 0.3 is 0 Å². The third kappa shape index (κ3) is 3.81. The summed E-state index contributed by atoms with van der Waals surface area (Å²) >= 11 is 0. The minimum atomic E-state index is 0.203. The number of carbonyl (C=O) groups excluding carboxylic acids is 1. The second kappa shape index (κ2) is 8.10. The average molecular weight is 356 g/mol. The lowest BCUT2D eigenvalue weighted by molar-refractivity contribution is -0.144. The molecule has 0 aromatic heterocycles. The van der Waals surface area contributed by atoms with Gasteiger partial charge in [-0.3, -0.25) is 9.69 Å². The van der Waals surface area contributed by atoms with Gasteiger partial charge in [-0.1, -0.05) is 49.6 Å². The van der Waals surface area contributed by atoms with Crippen LogP contribution in [-0.2, 0) is 11.3 Å². The number of rotatable bonds is 3. The molecule has 4 heteroatoms. The Morgan fingerprint density at radius 3 is 2.50 bits per heavy atom. The van der Waals surface area contributed by atoms with E-state index in [2.05, 4.69) is 45.4 Å². The molecule has 3 fully saturated rings. The Hall–Kier alpha value is -1.39. The molecule has 0 atom stereocenters. The number of benzene rings is 1. The van der Waals surface area contributed by atoms with Crippen molar-refractivity contribution in [1.29, 1.82) is 0 Å². The summed E-state index contributed by atoms with van der Waals surface area (Å²) in [5.74, 6) is 0.674. The zero-order valence-electron chi connectivity index (χ0n) is 16.0. The summed E-state index contributed by atoms with van der Waals surface area (Å²) in [5, 5.41) is 3.38. The highest BCUT2D eigenvalue weighted by atomic mass is 16.2. The van der Waals surface area contributed by atoms with Gasteiger partial charge in [0.1, 0.15) is 0 Å². The molecule has 2 aliphatic heterocycles. The van der Waals surface area contributed by atoms with Crippen molar-refractivity contribution in [3.05, 3.63) is 35.9 Å². The van der Waals surface area contributed by atoms with E-state index in [-0.39, 0.29) is 11.5 Å². The first-order valence-electron chi connectivity index (χ1n) is 10.6. The number of hydrogen-bond acceptors (Lipinski definition) is 3. The summed E-state index contributed by atoms with van der Waals surface area (Å²) < 4.78 is 0. The lowest BCUT2D eigenvalue weighted by Gasteiger charge is -2.53. The van der Waals surface area contributed by atoms with Crippen LogP contribution in [0.1, 0.15) is 50.5 Å². The van der Waals surface area contributed by atoms with Gasteiger partial charge in [0.25, 0.3) is 0 Å². The van der Waals surface area contributed by atoms with Gasteiger partial charge in [0.05, 0.1) is 0 Å². The first-order valence-corrected chi connectivity index (χ1v) is 10.6. The van der Waals surface area contributed by atoms with E-state index in [0.29, 0.717) is 5.91 Å². The molecule has 0 radical (unpaired) electrons. The van der Waals surface area contributed by atoms with Gasteiger partial charge in [-0.05, 0) is 44.3 Å². The van der Waals surface area contributed by atoms with Gasteiger partial charge in [-0.15, -0.1) is 0 Å². The number of hydrogen-bond donors (Lipinski definition) is 1. The van der Waals surface area contributed by atoms with E-state index in [1.807, 2.05) is 0 Å². The monoisotopic (exact) mass is 355 g/mol. The summed E-state index contributed by atoms with van der Waals surface area (Å²) in [7, 11) is 0. The van der Waals surface area contributed by atoms with Crippen LogP contribution in [0.4, 0.5) is 0 Å². The number of amides is 1. The van der Waals surface area contributed by atoms with E-state index in [0.717, 1.165) is 52.1 Å². The quantitative estimate of drug-likeness (QED) is 0.905. The molecule has 1 spiro atoms. The van der Waals surface area contributed by atoms with E-state index in [1.165, 1.54) is 37.7 Å². The van der Waals surface area contributed by atoms with Crippen molar-refractivity contribution in [1.82, 2.24) is 15.1 Å². The molecule has 142 valence electrons. The molecule has 4 nitrogen and oxygen atoms in total. The second-order valence-corrected chi connectivity index (χ2v) is 8.48. The molecule has 4 rings (SSSR count). The Morgan fingerprint density at radius 1 is 1.04 bits per heavy atom. The SMILES string of the molecule is O=C(C1CCNCC1)N1CCN(Cc2ccccc2)C2(CCCCC2)C1. The van der Waals surface area contributed by atoms with Gasteiger partial charge in [-0.25, -0.2) is 0 Å². The number of nitrogens with zero attached hydrogens (tertiary/aromatic N) is 2. The van der Waals surface area contributed by atoms with Crippen molar-refractivity contribution in [3.63, 3.8) is 0 Å². The van der Waals surface area contributed by atoms with E-state index in [9.17, 15) is 4.79 Å². The number of nitrogens with one attached hydrogen (secondary N) is 1. The van der Waals surface area contributed by atoms with E-state index in [4.69, 9.17) is 0 Å². The minimum Gasteiger partial charge on any atom is -0.339 e. The van der Waals surface area contributed by atoms with Crippen LogP contribution < -0.4 is 5.32 Å². The summed E-state index contributed by atoms with van der Waals surface area (Å²) in [6.07, 6.45) is 8.47. The normalized spacial score (nSPS) is 24.7. The molecule has 1 N–H and O–H groups in total. The molecular formula is C22H33N3O. The van der Waals surface area contributed by atoms with Crippen LogP contribution in [0, 0.1) is 5.92 Å². The fraction of sp³-hybridized carbons (Fsp3) is 0.682.